The van der Waals surface area contributed by atoms with Crippen LogP contribution in [0.1, 0.15) is 26.5 Å². The van der Waals surface area contributed by atoms with Crippen LogP contribution in [-0.4, -0.2) is 49.9 Å². The summed E-state index contributed by atoms with van der Waals surface area (Å²) < 4.78 is 10.2. The molecular weight excluding hydrogens is 437 g/mol. The SMILES string of the molecule is CN=C(NCCNC(=O)OC(C)(C)C)NCc1cccc(OC)n1.I. The molecule has 1 rings (SSSR count). The number of guanidine groups is 1. The highest BCUT2D eigenvalue weighted by Gasteiger charge is 2.15. The predicted molar refractivity (Wildman–Crippen MR) is 109 cm³/mol. The second-order valence-corrected chi connectivity index (χ2v) is 5.95. The summed E-state index contributed by atoms with van der Waals surface area (Å²) in [4.78, 5) is 19.9. The van der Waals surface area contributed by atoms with Gasteiger partial charge in [-0.1, -0.05) is 6.07 Å². The maximum atomic E-state index is 11.5. The molecular formula is C16H28IN5O3. The number of ether oxygens (including phenoxy) is 2. The molecule has 0 unspecified atom stereocenters. The molecule has 8 nitrogen and oxygen atoms in total. The van der Waals surface area contributed by atoms with Crippen molar-refractivity contribution in [1.29, 1.82) is 0 Å². The molecule has 0 bridgehead atoms. The fourth-order valence-corrected chi connectivity index (χ4v) is 1.72. The molecule has 0 saturated carbocycles. The number of pyridine rings is 1. The number of nitrogens with one attached hydrogen (secondary N) is 3. The van der Waals surface area contributed by atoms with Gasteiger partial charge in [-0.2, -0.15) is 0 Å². The number of nitrogens with zero attached hydrogens (tertiary/aromatic N) is 2. The van der Waals surface area contributed by atoms with E-state index in [-0.39, 0.29) is 24.0 Å². The number of amides is 1. The van der Waals surface area contributed by atoms with Gasteiger partial charge in [0.15, 0.2) is 5.96 Å². The molecule has 9 heteroatoms. The van der Waals surface area contributed by atoms with E-state index in [2.05, 4.69) is 25.9 Å². The highest BCUT2D eigenvalue weighted by molar-refractivity contribution is 14.0. The van der Waals surface area contributed by atoms with Crippen LogP contribution >= 0.6 is 24.0 Å². The van der Waals surface area contributed by atoms with E-state index in [1.165, 1.54) is 0 Å². The van der Waals surface area contributed by atoms with Crippen molar-refractivity contribution in [3.05, 3.63) is 23.9 Å². The Morgan fingerprint density at radius 1 is 1.20 bits per heavy atom. The minimum atomic E-state index is -0.501. The summed E-state index contributed by atoms with van der Waals surface area (Å²) in [7, 11) is 3.26. The van der Waals surface area contributed by atoms with Crippen LogP contribution in [0, 0.1) is 0 Å². The largest absolute Gasteiger partial charge is 0.481 e. The number of rotatable bonds is 6. The van der Waals surface area contributed by atoms with Crippen LogP contribution in [0.25, 0.3) is 0 Å². The Morgan fingerprint density at radius 3 is 2.48 bits per heavy atom. The van der Waals surface area contributed by atoms with Gasteiger partial charge >= 0.3 is 6.09 Å². The third kappa shape index (κ3) is 10.6. The maximum Gasteiger partial charge on any atom is 0.407 e. The standard InChI is InChI=1S/C16H27N5O3.HI/c1-16(2,3)24-15(22)19-10-9-18-14(17-4)20-11-12-7-6-8-13(21-12)23-5;/h6-8H,9-11H2,1-5H3,(H,19,22)(H2,17,18,20);1H. The molecule has 0 aliphatic rings. The lowest BCUT2D eigenvalue weighted by molar-refractivity contribution is 0.0529. The molecule has 0 atom stereocenters. The van der Waals surface area contributed by atoms with Crippen molar-refractivity contribution in [2.45, 2.75) is 32.9 Å². The van der Waals surface area contributed by atoms with E-state index in [1.807, 2.05) is 32.9 Å². The van der Waals surface area contributed by atoms with Crippen LogP contribution < -0.4 is 20.7 Å². The van der Waals surface area contributed by atoms with Crippen LogP contribution in [0.2, 0.25) is 0 Å². The van der Waals surface area contributed by atoms with Crippen LogP contribution in [0.4, 0.5) is 4.79 Å². The van der Waals surface area contributed by atoms with Gasteiger partial charge in [0.1, 0.15) is 5.60 Å². The summed E-state index contributed by atoms with van der Waals surface area (Å²) >= 11 is 0. The highest BCUT2D eigenvalue weighted by atomic mass is 127. The second-order valence-electron chi connectivity index (χ2n) is 5.95. The summed E-state index contributed by atoms with van der Waals surface area (Å²) in [5.41, 5.74) is 0.336. The van der Waals surface area contributed by atoms with Crippen molar-refractivity contribution in [2.75, 3.05) is 27.2 Å². The molecule has 1 heterocycles. The number of carbonyl (C=O) groups excluding carboxylic acids is 1. The van der Waals surface area contributed by atoms with Gasteiger partial charge in [-0.3, -0.25) is 4.99 Å². The van der Waals surface area contributed by atoms with Crippen molar-refractivity contribution >= 4 is 36.0 Å². The number of aromatic nitrogens is 1. The second kappa shape index (κ2) is 11.7. The van der Waals surface area contributed by atoms with Crippen LogP contribution in [0.5, 0.6) is 5.88 Å². The zero-order valence-corrected chi connectivity index (χ0v) is 17.7. The lowest BCUT2D eigenvalue weighted by atomic mass is 10.2. The summed E-state index contributed by atoms with van der Waals surface area (Å²) in [6, 6.07) is 5.57. The third-order valence-corrected chi connectivity index (χ3v) is 2.74. The normalized spacial score (nSPS) is 11.2. The molecule has 1 aromatic rings. The molecule has 0 fully saturated rings. The smallest absolute Gasteiger partial charge is 0.407 e. The zero-order valence-electron chi connectivity index (χ0n) is 15.4. The average molecular weight is 465 g/mol. The highest BCUT2D eigenvalue weighted by Crippen LogP contribution is 2.06. The zero-order chi connectivity index (χ0) is 18.0. The first-order valence-corrected chi connectivity index (χ1v) is 7.75. The number of halogens is 1. The van der Waals surface area contributed by atoms with E-state index in [9.17, 15) is 4.79 Å². The molecule has 0 saturated heterocycles. The average Bonchev–Trinajstić information content (AvgIpc) is 2.52. The van der Waals surface area contributed by atoms with Gasteiger partial charge in [0.25, 0.3) is 0 Å². The molecule has 1 aromatic heterocycles. The number of carbonyl (C=O) groups is 1. The first-order valence-electron chi connectivity index (χ1n) is 7.75. The van der Waals surface area contributed by atoms with E-state index >= 15 is 0 Å². The van der Waals surface area contributed by atoms with Crippen molar-refractivity contribution in [3.63, 3.8) is 0 Å². The lowest BCUT2D eigenvalue weighted by Gasteiger charge is -2.19. The number of hydrogen-bond donors (Lipinski definition) is 3. The molecule has 1 amide bonds. The number of alkyl carbamates (subject to hydrolysis) is 1. The van der Waals surface area contributed by atoms with Gasteiger partial charge in [0.05, 0.1) is 19.3 Å². The van der Waals surface area contributed by atoms with Gasteiger partial charge in [-0.15, -0.1) is 24.0 Å². The van der Waals surface area contributed by atoms with Crippen molar-refractivity contribution in [1.82, 2.24) is 20.9 Å². The lowest BCUT2D eigenvalue weighted by Crippen LogP contribution is -2.42. The van der Waals surface area contributed by atoms with Gasteiger partial charge in [-0.25, -0.2) is 9.78 Å². The molecule has 0 radical (unpaired) electrons. The summed E-state index contributed by atoms with van der Waals surface area (Å²) in [6.45, 7) is 6.92. The number of aliphatic imine (C=N–C) groups is 1. The van der Waals surface area contributed by atoms with E-state index in [0.29, 0.717) is 31.5 Å². The third-order valence-electron chi connectivity index (χ3n) is 2.74. The Hall–Kier alpha value is -1.78. The fourth-order valence-electron chi connectivity index (χ4n) is 1.72. The Kier molecular flexibility index (Phi) is 10.9. The van der Waals surface area contributed by atoms with Crippen LogP contribution in [-0.2, 0) is 11.3 Å². The van der Waals surface area contributed by atoms with Crippen molar-refractivity contribution in [3.8, 4) is 5.88 Å². The monoisotopic (exact) mass is 465 g/mol. The van der Waals surface area contributed by atoms with Gasteiger partial charge < -0.3 is 25.4 Å². The molecule has 25 heavy (non-hydrogen) atoms. The van der Waals surface area contributed by atoms with Gasteiger partial charge in [0.2, 0.25) is 5.88 Å². The molecule has 0 aliphatic carbocycles. The van der Waals surface area contributed by atoms with E-state index < -0.39 is 11.7 Å². The van der Waals surface area contributed by atoms with E-state index in [1.54, 1.807) is 20.2 Å². The maximum absolute atomic E-state index is 11.5. The molecule has 3 N–H and O–H groups in total. The first kappa shape index (κ1) is 23.2. The first-order chi connectivity index (χ1) is 11.3. The Morgan fingerprint density at radius 2 is 1.88 bits per heavy atom. The number of hydrogen-bond acceptors (Lipinski definition) is 5. The molecule has 142 valence electrons. The minimum absolute atomic E-state index is 0. The molecule has 0 spiro atoms. The minimum Gasteiger partial charge on any atom is -0.481 e. The summed E-state index contributed by atoms with van der Waals surface area (Å²) in [5.74, 6) is 1.18. The Labute approximate surface area is 166 Å². The summed E-state index contributed by atoms with van der Waals surface area (Å²) in [6.07, 6.45) is -0.437. The van der Waals surface area contributed by atoms with Crippen molar-refractivity contribution in [2.24, 2.45) is 4.99 Å². The predicted octanol–water partition coefficient (Wildman–Crippen LogP) is 1.90. The quantitative estimate of drug-likeness (QED) is 0.257. The van der Waals surface area contributed by atoms with Crippen LogP contribution in [0.15, 0.2) is 23.2 Å². The van der Waals surface area contributed by atoms with Crippen LogP contribution in [0.3, 0.4) is 0 Å². The fraction of sp³-hybridized carbons (Fsp3) is 0.562. The summed E-state index contributed by atoms with van der Waals surface area (Å²) in [5, 5.41) is 8.91. The van der Waals surface area contributed by atoms with Crippen molar-refractivity contribution < 1.29 is 14.3 Å². The van der Waals surface area contributed by atoms with E-state index in [0.717, 1.165) is 5.69 Å². The van der Waals surface area contributed by atoms with Gasteiger partial charge in [-0.05, 0) is 26.8 Å². The van der Waals surface area contributed by atoms with E-state index in [4.69, 9.17) is 9.47 Å². The number of methoxy groups -OCH3 is 1. The molecule has 0 aliphatic heterocycles. The molecule has 0 aromatic carbocycles. The topological polar surface area (TPSA) is 96.9 Å². The van der Waals surface area contributed by atoms with Gasteiger partial charge in [0, 0.05) is 26.2 Å². The Bertz CT molecular complexity index is 561. The Balaban J connectivity index is 0.00000576.